The van der Waals surface area contributed by atoms with E-state index >= 15 is 0 Å². The zero-order valence-corrected chi connectivity index (χ0v) is 13.8. The van der Waals surface area contributed by atoms with Gasteiger partial charge >= 0.3 is 0 Å². The Hall–Kier alpha value is -2.96. The second-order valence-electron chi connectivity index (χ2n) is 6.02. The van der Waals surface area contributed by atoms with E-state index in [1.807, 2.05) is 4.90 Å². The third-order valence-corrected chi connectivity index (χ3v) is 4.40. The lowest BCUT2D eigenvalue weighted by Crippen LogP contribution is -2.19. The first-order valence-electron chi connectivity index (χ1n) is 8.07. The van der Waals surface area contributed by atoms with Gasteiger partial charge in [0.2, 0.25) is 0 Å². The van der Waals surface area contributed by atoms with Crippen LogP contribution in [0, 0.1) is 22.9 Å². The van der Waals surface area contributed by atoms with E-state index in [1.165, 1.54) is 31.2 Å². The van der Waals surface area contributed by atoms with Crippen LogP contribution in [0.1, 0.15) is 28.8 Å². The molecule has 1 N–H and O–H groups in total. The quantitative estimate of drug-likeness (QED) is 0.675. The first kappa shape index (κ1) is 16.9. The summed E-state index contributed by atoms with van der Waals surface area (Å²) in [6.45, 7) is 3.18. The molecular weight excluding hydrogens is 325 g/mol. The zero-order valence-electron chi connectivity index (χ0n) is 13.8. The molecule has 6 nitrogen and oxygen atoms in total. The first-order valence-corrected chi connectivity index (χ1v) is 8.07. The average molecular weight is 343 g/mol. The molecule has 0 spiro atoms. The molecule has 25 heavy (non-hydrogen) atoms. The van der Waals surface area contributed by atoms with Gasteiger partial charge in [-0.15, -0.1) is 0 Å². The number of hydrogen-bond acceptors (Lipinski definition) is 4. The van der Waals surface area contributed by atoms with E-state index in [0.717, 1.165) is 25.9 Å². The fraction of sp³-hybridized carbons (Fsp3) is 0.278. The Kier molecular flexibility index (Phi) is 4.65. The van der Waals surface area contributed by atoms with E-state index in [4.69, 9.17) is 0 Å². The highest BCUT2D eigenvalue weighted by Crippen LogP contribution is 2.27. The Bertz CT molecular complexity index is 832. The van der Waals surface area contributed by atoms with Gasteiger partial charge in [-0.1, -0.05) is 6.07 Å². The van der Waals surface area contributed by atoms with Gasteiger partial charge in [0.1, 0.15) is 5.82 Å². The molecule has 0 aliphatic carbocycles. The standard InChI is InChI=1S/C18H18FN3O3/c1-12-14(5-4-6-16(12)22(24)25)18(23)20-13-7-8-17(15(19)11-13)21-9-2-3-10-21/h4-8,11H,2-3,9-10H2,1H3,(H,20,23). The minimum absolute atomic E-state index is 0.122. The molecule has 0 radical (unpaired) electrons. The van der Waals surface area contributed by atoms with Crippen molar-refractivity contribution in [1.29, 1.82) is 0 Å². The van der Waals surface area contributed by atoms with Gasteiger partial charge in [-0.25, -0.2) is 4.39 Å². The molecular formula is C18H18FN3O3. The van der Waals surface area contributed by atoms with E-state index in [9.17, 15) is 19.3 Å². The van der Waals surface area contributed by atoms with Crippen LogP contribution in [0.25, 0.3) is 0 Å². The maximum atomic E-state index is 14.3. The second kappa shape index (κ2) is 6.88. The van der Waals surface area contributed by atoms with Crippen molar-refractivity contribution in [2.24, 2.45) is 0 Å². The van der Waals surface area contributed by atoms with Crippen molar-refractivity contribution in [3.8, 4) is 0 Å². The zero-order chi connectivity index (χ0) is 18.0. The van der Waals surface area contributed by atoms with Gasteiger partial charge in [-0.2, -0.15) is 0 Å². The van der Waals surface area contributed by atoms with Crippen LogP contribution in [0.15, 0.2) is 36.4 Å². The van der Waals surface area contributed by atoms with E-state index in [0.29, 0.717) is 11.4 Å². The first-order chi connectivity index (χ1) is 12.0. The number of hydrogen-bond donors (Lipinski definition) is 1. The van der Waals surface area contributed by atoms with Gasteiger partial charge in [0.15, 0.2) is 0 Å². The molecule has 0 atom stereocenters. The molecule has 0 aromatic heterocycles. The highest BCUT2D eigenvalue weighted by Gasteiger charge is 2.19. The molecule has 2 aromatic rings. The Morgan fingerprint density at radius 2 is 1.96 bits per heavy atom. The molecule has 1 saturated heterocycles. The number of nitro benzene ring substituents is 1. The summed E-state index contributed by atoms with van der Waals surface area (Å²) in [5.74, 6) is -0.898. The Morgan fingerprint density at radius 3 is 2.60 bits per heavy atom. The molecule has 2 aromatic carbocycles. The number of carbonyl (C=O) groups excluding carboxylic acids is 1. The number of benzene rings is 2. The summed E-state index contributed by atoms with van der Waals surface area (Å²) in [6.07, 6.45) is 2.09. The molecule has 130 valence electrons. The van der Waals surface area contributed by atoms with Crippen LogP contribution in [-0.4, -0.2) is 23.9 Å². The molecule has 1 aliphatic heterocycles. The number of anilines is 2. The molecule has 7 heteroatoms. The van der Waals surface area contributed by atoms with Crippen LogP contribution in [0.3, 0.4) is 0 Å². The molecule has 1 aliphatic rings. The fourth-order valence-corrected chi connectivity index (χ4v) is 3.06. The smallest absolute Gasteiger partial charge is 0.273 e. The lowest BCUT2D eigenvalue weighted by molar-refractivity contribution is -0.385. The summed E-state index contributed by atoms with van der Waals surface area (Å²) in [6, 6.07) is 8.87. The van der Waals surface area contributed by atoms with E-state index < -0.39 is 16.6 Å². The summed E-state index contributed by atoms with van der Waals surface area (Å²) in [4.78, 5) is 24.8. The number of rotatable bonds is 4. The number of amides is 1. The van der Waals surface area contributed by atoms with E-state index in [-0.39, 0.29) is 16.8 Å². The van der Waals surface area contributed by atoms with Crippen molar-refractivity contribution in [3.05, 3.63) is 63.5 Å². The average Bonchev–Trinajstić information content (AvgIpc) is 3.09. The van der Waals surface area contributed by atoms with Gasteiger partial charge in [0.05, 0.1) is 10.6 Å². The van der Waals surface area contributed by atoms with Crippen LogP contribution in [0.4, 0.5) is 21.5 Å². The number of nitro groups is 1. The minimum Gasteiger partial charge on any atom is -0.369 e. The summed E-state index contributed by atoms with van der Waals surface area (Å²) < 4.78 is 14.3. The van der Waals surface area contributed by atoms with Gasteiger partial charge in [0, 0.05) is 36.0 Å². The number of nitrogens with zero attached hydrogens (tertiary/aromatic N) is 2. The third-order valence-electron chi connectivity index (χ3n) is 4.40. The van der Waals surface area contributed by atoms with Crippen LogP contribution in [-0.2, 0) is 0 Å². The molecule has 1 heterocycles. The van der Waals surface area contributed by atoms with Crippen molar-refractivity contribution < 1.29 is 14.1 Å². The Morgan fingerprint density at radius 1 is 1.24 bits per heavy atom. The molecule has 1 amide bonds. The summed E-state index contributed by atoms with van der Waals surface area (Å²) in [5.41, 5.74) is 1.19. The number of carbonyl (C=O) groups is 1. The molecule has 0 unspecified atom stereocenters. The van der Waals surface area contributed by atoms with Crippen molar-refractivity contribution in [3.63, 3.8) is 0 Å². The van der Waals surface area contributed by atoms with Crippen LogP contribution < -0.4 is 10.2 Å². The maximum Gasteiger partial charge on any atom is 0.273 e. The predicted octanol–water partition coefficient (Wildman–Crippen LogP) is 3.89. The molecule has 3 rings (SSSR count). The fourth-order valence-electron chi connectivity index (χ4n) is 3.06. The second-order valence-corrected chi connectivity index (χ2v) is 6.02. The van der Waals surface area contributed by atoms with Crippen LogP contribution >= 0.6 is 0 Å². The summed E-state index contributed by atoms with van der Waals surface area (Å²) in [5, 5.41) is 13.6. The van der Waals surface area contributed by atoms with E-state index in [2.05, 4.69) is 5.32 Å². The SMILES string of the molecule is Cc1c(C(=O)Nc2ccc(N3CCCC3)c(F)c2)cccc1[N+](=O)[O-]. The lowest BCUT2D eigenvalue weighted by Gasteiger charge is -2.19. The highest BCUT2D eigenvalue weighted by molar-refractivity contribution is 6.05. The van der Waals surface area contributed by atoms with Crippen molar-refractivity contribution >= 4 is 23.0 Å². The van der Waals surface area contributed by atoms with Crippen molar-refractivity contribution in [2.45, 2.75) is 19.8 Å². The summed E-state index contributed by atoms with van der Waals surface area (Å²) in [7, 11) is 0. The normalized spacial score (nSPS) is 13.8. The molecule has 0 saturated carbocycles. The van der Waals surface area contributed by atoms with Crippen LogP contribution in [0.5, 0.6) is 0 Å². The third kappa shape index (κ3) is 3.45. The monoisotopic (exact) mass is 343 g/mol. The maximum absolute atomic E-state index is 14.3. The van der Waals surface area contributed by atoms with E-state index in [1.54, 1.807) is 12.1 Å². The Labute approximate surface area is 144 Å². The summed E-state index contributed by atoms with van der Waals surface area (Å²) >= 11 is 0. The number of halogens is 1. The number of nitrogens with one attached hydrogen (secondary N) is 1. The van der Waals surface area contributed by atoms with Crippen molar-refractivity contribution in [1.82, 2.24) is 0 Å². The van der Waals surface area contributed by atoms with Gasteiger partial charge < -0.3 is 10.2 Å². The van der Waals surface area contributed by atoms with Gasteiger partial charge in [-0.05, 0) is 44.0 Å². The predicted molar refractivity (Wildman–Crippen MR) is 93.6 cm³/mol. The van der Waals surface area contributed by atoms with Gasteiger partial charge in [0.25, 0.3) is 11.6 Å². The Balaban J connectivity index is 1.81. The highest BCUT2D eigenvalue weighted by atomic mass is 19.1. The largest absolute Gasteiger partial charge is 0.369 e. The molecule has 1 fully saturated rings. The molecule has 0 bridgehead atoms. The minimum atomic E-state index is -0.531. The van der Waals surface area contributed by atoms with Gasteiger partial charge in [-0.3, -0.25) is 14.9 Å². The van der Waals surface area contributed by atoms with Crippen LogP contribution in [0.2, 0.25) is 0 Å². The van der Waals surface area contributed by atoms with Crippen molar-refractivity contribution in [2.75, 3.05) is 23.3 Å². The topological polar surface area (TPSA) is 75.5 Å². The lowest BCUT2D eigenvalue weighted by atomic mass is 10.1.